The SMILES string of the molecule is C#C[C@@](C)(O)c1ccncn1. The van der Waals surface area contributed by atoms with Gasteiger partial charge in [0.2, 0.25) is 0 Å². The number of aromatic nitrogens is 2. The van der Waals surface area contributed by atoms with E-state index in [1.807, 2.05) is 0 Å². The lowest BCUT2D eigenvalue weighted by Crippen LogP contribution is -2.19. The van der Waals surface area contributed by atoms with E-state index in [1.54, 1.807) is 6.07 Å². The first-order valence-corrected chi connectivity index (χ1v) is 3.13. The highest BCUT2D eigenvalue weighted by atomic mass is 16.3. The van der Waals surface area contributed by atoms with E-state index in [1.165, 1.54) is 19.4 Å². The van der Waals surface area contributed by atoms with Crippen LogP contribution in [0, 0.1) is 12.3 Å². The van der Waals surface area contributed by atoms with Gasteiger partial charge in [-0.25, -0.2) is 9.97 Å². The zero-order valence-corrected chi connectivity index (χ0v) is 6.15. The van der Waals surface area contributed by atoms with E-state index in [-0.39, 0.29) is 0 Å². The molecule has 0 aliphatic carbocycles. The third-order valence-corrected chi connectivity index (χ3v) is 1.36. The molecule has 3 nitrogen and oxygen atoms in total. The van der Waals surface area contributed by atoms with E-state index in [4.69, 9.17) is 6.42 Å². The Hall–Kier alpha value is -1.40. The molecule has 0 aliphatic heterocycles. The maximum Gasteiger partial charge on any atom is 0.164 e. The molecule has 56 valence electrons. The van der Waals surface area contributed by atoms with Gasteiger partial charge in [0.05, 0.1) is 5.69 Å². The normalized spacial score (nSPS) is 15.0. The Morgan fingerprint density at radius 1 is 1.73 bits per heavy atom. The van der Waals surface area contributed by atoms with Gasteiger partial charge >= 0.3 is 0 Å². The average Bonchev–Trinajstić information content (AvgIpc) is 2.06. The fourth-order valence-electron chi connectivity index (χ4n) is 0.653. The molecule has 3 heteroatoms. The lowest BCUT2D eigenvalue weighted by molar-refractivity contribution is 0.117. The van der Waals surface area contributed by atoms with E-state index in [2.05, 4.69) is 15.9 Å². The van der Waals surface area contributed by atoms with Gasteiger partial charge in [-0.05, 0) is 13.0 Å². The molecular formula is C8H8N2O. The zero-order valence-electron chi connectivity index (χ0n) is 6.15. The van der Waals surface area contributed by atoms with Crippen molar-refractivity contribution in [1.82, 2.24) is 9.97 Å². The smallest absolute Gasteiger partial charge is 0.164 e. The lowest BCUT2D eigenvalue weighted by atomic mass is 10.0. The molecule has 0 fully saturated rings. The quantitative estimate of drug-likeness (QED) is 0.583. The second-order valence-corrected chi connectivity index (χ2v) is 2.31. The van der Waals surface area contributed by atoms with Crippen LogP contribution in [0.15, 0.2) is 18.6 Å². The van der Waals surface area contributed by atoms with Gasteiger partial charge in [0, 0.05) is 6.20 Å². The number of aliphatic hydroxyl groups is 1. The number of nitrogens with zero attached hydrogens (tertiary/aromatic N) is 2. The van der Waals surface area contributed by atoms with Gasteiger partial charge in [0.1, 0.15) is 6.33 Å². The first-order valence-electron chi connectivity index (χ1n) is 3.13. The minimum Gasteiger partial charge on any atom is -0.372 e. The van der Waals surface area contributed by atoms with E-state index in [0.717, 1.165) is 0 Å². The van der Waals surface area contributed by atoms with Crippen LogP contribution in [-0.2, 0) is 5.60 Å². The van der Waals surface area contributed by atoms with Gasteiger partial charge in [0.25, 0.3) is 0 Å². The summed E-state index contributed by atoms with van der Waals surface area (Å²) in [5.41, 5.74) is -0.849. The summed E-state index contributed by atoms with van der Waals surface area (Å²) in [7, 11) is 0. The van der Waals surface area contributed by atoms with Crippen molar-refractivity contribution in [3.63, 3.8) is 0 Å². The van der Waals surface area contributed by atoms with Crippen LogP contribution in [0.5, 0.6) is 0 Å². The summed E-state index contributed by atoms with van der Waals surface area (Å²) in [5.74, 6) is 2.22. The molecule has 1 aromatic rings. The van der Waals surface area contributed by atoms with Crippen molar-refractivity contribution in [3.05, 3.63) is 24.3 Å². The molecule has 1 atom stereocenters. The molecule has 0 amide bonds. The first kappa shape index (κ1) is 7.70. The van der Waals surface area contributed by atoms with E-state index >= 15 is 0 Å². The van der Waals surface area contributed by atoms with Gasteiger partial charge in [-0.3, -0.25) is 0 Å². The molecule has 0 saturated heterocycles. The van der Waals surface area contributed by atoms with Gasteiger partial charge in [-0.2, -0.15) is 0 Å². The largest absolute Gasteiger partial charge is 0.372 e. The number of hydrogen-bond acceptors (Lipinski definition) is 3. The molecular weight excluding hydrogens is 140 g/mol. The first-order chi connectivity index (χ1) is 5.17. The number of terminal acetylenes is 1. The van der Waals surface area contributed by atoms with E-state index in [9.17, 15) is 5.11 Å². The monoisotopic (exact) mass is 148 g/mol. The van der Waals surface area contributed by atoms with Crippen molar-refractivity contribution in [2.24, 2.45) is 0 Å². The molecule has 1 heterocycles. The van der Waals surface area contributed by atoms with E-state index in [0.29, 0.717) is 5.69 Å². The number of hydrogen-bond donors (Lipinski definition) is 1. The van der Waals surface area contributed by atoms with E-state index < -0.39 is 5.60 Å². The molecule has 0 aromatic carbocycles. The summed E-state index contributed by atoms with van der Waals surface area (Å²) in [6, 6.07) is 1.58. The van der Waals surface area contributed by atoms with Crippen molar-refractivity contribution in [2.75, 3.05) is 0 Å². The molecule has 1 aromatic heterocycles. The second kappa shape index (κ2) is 2.69. The van der Waals surface area contributed by atoms with Crippen molar-refractivity contribution < 1.29 is 5.11 Å². The Kier molecular flexibility index (Phi) is 1.88. The van der Waals surface area contributed by atoms with Crippen LogP contribution in [0.2, 0.25) is 0 Å². The highest BCUT2D eigenvalue weighted by Crippen LogP contribution is 2.14. The Balaban J connectivity index is 3.05. The molecule has 0 unspecified atom stereocenters. The van der Waals surface area contributed by atoms with Crippen LogP contribution in [0.3, 0.4) is 0 Å². The third-order valence-electron chi connectivity index (χ3n) is 1.36. The molecule has 11 heavy (non-hydrogen) atoms. The number of rotatable bonds is 1. The lowest BCUT2D eigenvalue weighted by Gasteiger charge is -2.13. The fraction of sp³-hybridized carbons (Fsp3) is 0.250. The zero-order chi connectivity index (χ0) is 8.32. The van der Waals surface area contributed by atoms with Crippen LogP contribution >= 0.6 is 0 Å². The molecule has 0 bridgehead atoms. The molecule has 0 saturated carbocycles. The maximum absolute atomic E-state index is 9.47. The van der Waals surface area contributed by atoms with Crippen LogP contribution in [-0.4, -0.2) is 15.1 Å². The minimum atomic E-state index is -1.29. The Bertz CT molecular complexity index is 274. The molecule has 1 rings (SSSR count). The van der Waals surface area contributed by atoms with Crippen LogP contribution in [0.25, 0.3) is 0 Å². The minimum absolute atomic E-state index is 0.440. The second-order valence-electron chi connectivity index (χ2n) is 2.31. The van der Waals surface area contributed by atoms with Crippen LogP contribution < -0.4 is 0 Å². The van der Waals surface area contributed by atoms with Gasteiger partial charge in [-0.1, -0.05) is 5.92 Å². The highest BCUT2D eigenvalue weighted by Gasteiger charge is 2.20. The van der Waals surface area contributed by atoms with Crippen LogP contribution in [0.4, 0.5) is 0 Å². The summed E-state index contributed by atoms with van der Waals surface area (Å²) < 4.78 is 0. The molecule has 0 aliphatic rings. The maximum atomic E-state index is 9.47. The summed E-state index contributed by atoms with van der Waals surface area (Å²) >= 11 is 0. The summed E-state index contributed by atoms with van der Waals surface area (Å²) in [6.45, 7) is 1.51. The van der Waals surface area contributed by atoms with Crippen molar-refractivity contribution in [3.8, 4) is 12.3 Å². The predicted octanol–water partition coefficient (Wildman–Crippen LogP) is 0.317. The summed E-state index contributed by atoms with van der Waals surface area (Å²) in [5, 5.41) is 9.47. The van der Waals surface area contributed by atoms with Crippen LogP contribution in [0.1, 0.15) is 12.6 Å². The third kappa shape index (κ3) is 1.54. The topological polar surface area (TPSA) is 46.0 Å². The molecule has 0 spiro atoms. The Labute approximate surface area is 65.1 Å². The average molecular weight is 148 g/mol. The van der Waals surface area contributed by atoms with Gasteiger partial charge in [0.15, 0.2) is 5.60 Å². The van der Waals surface area contributed by atoms with Crippen molar-refractivity contribution >= 4 is 0 Å². The van der Waals surface area contributed by atoms with Crippen molar-refractivity contribution in [1.29, 1.82) is 0 Å². The Morgan fingerprint density at radius 3 is 2.91 bits per heavy atom. The van der Waals surface area contributed by atoms with Crippen molar-refractivity contribution in [2.45, 2.75) is 12.5 Å². The Morgan fingerprint density at radius 2 is 2.45 bits per heavy atom. The van der Waals surface area contributed by atoms with Gasteiger partial charge < -0.3 is 5.11 Å². The summed E-state index contributed by atoms with van der Waals surface area (Å²) in [4.78, 5) is 7.52. The fourth-order valence-corrected chi connectivity index (χ4v) is 0.653. The molecule has 1 N–H and O–H groups in total. The molecule has 0 radical (unpaired) electrons. The predicted molar refractivity (Wildman–Crippen MR) is 40.4 cm³/mol. The standard InChI is InChI=1S/C8H8N2O/c1-3-8(2,11)7-4-5-9-6-10-7/h1,4-6,11H,2H3/t8-/m1/s1. The van der Waals surface area contributed by atoms with Gasteiger partial charge in [-0.15, -0.1) is 6.42 Å². The summed E-state index contributed by atoms with van der Waals surface area (Å²) in [6.07, 6.45) is 7.96. The highest BCUT2D eigenvalue weighted by molar-refractivity contribution is 5.20.